The number of rotatable bonds is 6. The van der Waals surface area contributed by atoms with Crippen LogP contribution in [0.5, 0.6) is 0 Å². The van der Waals surface area contributed by atoms with E-state index in [2.05, 4.69) is 43.7 Å². The lowest BCUT2D eigenvalue weighted by atomic mass is 10.1. The van der Waals surface area contributed by atoms with Crippen molar-refractivity contribution in [2.45, 2.75) is 6.04 Å². The van der Waals surface area contributed by atoms with Crippen molar-refractivity contribution in [2.24, 2.45) is 5.73 Å². The van der Waals surface area contributed by atoms with E-state index in [1.54, 1.807) is 0 Å². The molecule has 1 fully saturated rings. The van der Waals surface area contributed by atoms with Gasteiger partial charge in [-0.15, -0.1) is 12.4 Å². The standard InChI is InChI=1S/C24H28N8.ClH/c1-30-12-14-31(15-13-30)23-24-27-17-21(32(24)11-10-26-23)19-8-5-9-22(28-19)29-20(16-25)18-6-3-2-4-7-18;/h2-11,17,20H,12-16,25H2,1H3,(H,28,29);1H. The highest BCUT2D eigenvalue weighted by molar-refractivity contribution is 5.85. The zero-order chi connectivity index (χ0) is 21.9. The number of imidazole rings is 1. The highest BCUT2D eigenvalue weighted by Gasteiger charge is 2.20. The van der Waals surface area contributed by atoms with Gasteiger partial charge < -0.3 is 20.9 Å². The summed E-state index contributed by atoms with van der Waals surface area (Å²) in [6.07, 6.45) is 5.67. The fraction of sp³-hybridized carbons (Fsp3) is 0.292. The van der Waals surface area contributed by atoms with Crippen molar-refractivity contribution in [1.82, 2.24) is 24.3 Å². The third kappa shape index (κ3) is 4.78. The highest BCUT2D eigenvalue weighted by Crippen LogP contribution is 2.26. The molecule has 4 aromatic rings. The number of likely N-dealkylation sites (N-methyl/N-ethyl adjacent to an activating group) is 1. The van der Waals surface area contributed by atoms with E-state index in [4.69, 9.17) is 15.7 Å². The smallest absolute Gasteiger partial charge is 0.180 e. The minimum Gasteiger partial charge on any atom is -0.362 e. The molecule has 1 aliphatic heterocycles. The van der Waals surface area contributed by atoms with E-state index >= 15 is 0 Å². The maximum atomic E-state index is 6.04. The van der Waals surface area contributed by atoms with Crippen LogP contribution in [0.4, 0.5) is 11.6 Å². The minimum absolute atomic E-state index is 0. The first-order valence-electron chi connectivity index (χ1n) is 11.0. The van der Waals surface area contributed by atoms with Crippen molar-refractivity contribution in [2.75, 3.05) is 50.0 Å². The quantitative estimate of drug-likeness (QED) is 0.453. The van der Waals surface area contributed by atoms with Crippen LogP contribution in [0, 0.1) is 0 Å². The van der Waals surface area contributed by atoms with E-state index in [0.29, 0.717) is 6.54 Å². The lowest BCUT2D eigenvalue weighted by Crippen LogP contribution is -2.45. The van der Waals surface area contributed by atoms with Crippen LogP contribution in [0.1, 0.15) is 11.6 Å². The van der Waals surface area contributed by atoms with Crippen LogP contribution < -0.4 is 16.0 Å². The zero-order valence-electron chi connectivity index (χ0n) is 18.6. The molecule has 0 spiro atoms. The lowest BCUT2D eigenvalue weighted by molar-refractivity contribution is 0.312. The van der Waals surface area contributed by atoms with Gasteiger partial charge in [0.05, 0.1) is 23.6 Å². The van der Waals surface area contributed by atoms with Crippen molar-refractivity contribution in [1.29, 1.82) is 0 Å². The summed E-state index contributed by atoms with van der Waals surface area (Å²) in [5.74, 6) is 1.71. The molecule has 1 unspecified atom stereocenters. The summed E-state index contributed by atoms with van der Waals surface area (Å²) < 4.78 is 2.07. The molecular formula is C24H29ClN8. The molecule has 1 aliphatic rings. The Morgan fingerprint density at radius 1 is 1.00 bits per heavy atom. The molecule has 4 heterocycles. The molecule has 172 valence electrons. The first-order chi connectivity index (χ1) is 15.7. The third-order valence-corrected chi connectivity index (χ3v) is 5.98. The van der Waals surface area contributed by atoms with Gasteiger partial charge in [0.1, 0.15) is 5.82 Å². The molecule has 1 atom stereocenters. The Hall–Kier alpha value is -3.20. The highest BCUT2D eigenvalue weighted by atomic mass is 35.5. The van der Waals surface area contributed by atoms with E-state index in [0.717, 1.165) is 60.4 Å². The van der Waals surface area contributed by atoms with E-state index in [-0.39, 0.29) is 18.4 Å². The Bertz CT molecular complexity index is 1190. The summed E-state index contributed by atoms with van der Waals surface area (Å²) in [4.78, 5) is 18.9. The largest absolute Gasteiger partial charge is 0.362 e. The van der Waals surface area contributed by atoms with Crippen molar-refractivity contribution >= 4 is 29.7 Å². The number of piperazine rings is 1. The van der Waals surface area contributed by atoms with Gasteiger partial charge in [-0.25, -0.2) is 15.0 Å². The molecule has 1 aromatic carbocycles. The summed E-state index contributed by atoms with van der Waals surface area (Å²) in [6.45, 7) is 4.42. The number of aromatic nitrogens is 4. The van der Waals surface area contributed by atoms with Crippen LogP contribution in [0.3, 0.4) is 0 Å². The molecule has 1 saturated heterocycles. The molecule has 33 heavy (non-hydrogen) atoms. The van der Waals surface area contributed by atoms with Crippen molar-refractivity contribution < 1.29 is 0 Å². The summed E-state index contributed by atoms with van der Waals surface area (Å²) in [6, 6.07) is 16.2. The number of benzene rings is 1. The van der Waals surface area contributed by atoms with Crippen LogP contribution >= 0.6 is 12.4 Å². The number of hydrogen-bond donors (Lipinski definition) is 2. The van der Waals surface area contributed by atoms with E-state index in [1.807, 2.05) is 55.0 Å². The van der Waals surface area contributed by atoms with Gasteiger partial charge in [-0.2, -0.15) is 0 Å². The second-order valence-corrected chi connectivity index (χ2v) is 8.13. The van der Waals surface area contributed by atoms with E-state index in [9.17, 15) is 0 Å². The Labute approximate surface area is 199 Å². The molecule has 0 aliphatic carbocycles. The summed E-state index contributed by atoms with van der Waals surface area (Å²) in [5, 5.41) is 3.47. The van der Waals surface area contributed by atoms with Gasteiger partial charge in [-0.1, -0.05) is 36.4 Å². The fourth-order valence-electron chi connectivity index (χ4n) is 4.14. The molecule has 9 heteroatoms. The summed E-state index contributed by atoms with van der Waals surface area (Å²) in [7, 11) is 2.15. The predicted molar refractivity (Wildman–Crippen MR) is 135 cm³/mol. The van der Waals surface area contributed by atoms with Crippen LogP contribution in [0.15, 0.2) is 67.1 Å². The minimum atomic E-state index is -0.00540. The number of nitrogens with one attached hydrogen (secondary N) is 1. The first-order valence-corrected chi connectivity index (χ1v) is 11.0. The second-order valence-electron chi connectivity index (χ2n) is 8.13. The topological polar surface area (TPSA) is 87.6 Å². The number of halogens is 1. The second kappa shape index (κ2) is 10.2. The predicted octanol–water partition coefficient (Wildman–Crippen LogP) is 3.08. The van der Waals surface area contributed by atoms with Gasteiger partial charge in [0, 0.05) is 45.1 Å². The molecular weight excluding hydrogens is 436 g/mol. The summed E-state index contributed by atoms with van der Waals surface area (Å²) >= 11 is 0. The number of hydrogen-bond acceptors (Lipinski definition) is 7. The van der Waals surface area contributed by atoms with Gasteiger partial charge >= 0.3 is 0 Å². The van der Waals surface area contributed by atoms with E-state index in [1.165, 1.54) is 0 Å². The van der Waals surface area contributed by atoms with Gasteiger partial charge in [-0.3, -0.25) is 4.40 Å². The number of anilines is 2. The van der Waals surface area contributed by atoms with Crippen molar-refractivity contribution in [3.05, 3.63) is 72.7 Å². The lowest BCUT2D eigenvalue weighted by Gasteiger charge is -2.33. The molecule has 3 aromatic heterocycles. The van der Waals surface area contributed by atoms with Crippen molar-refractivity contribution in [3.8, 4) is 11.4 Å². The van der Waals surface area contributed by atoms with Crippen LogP contribution in [-0.2, 0) is 0 Å². The fourth-order valence-corrected chi connectivity index (χ4v) is 4.14. The molecule has 3 N–H and O–H groups in total. The maximum absolute atomic E-state index is 6.04. The SMILES string of the molecule is CN1CCN(c2nccn3c(-c4cccc(NC(CN)c5ccccc5)n4)cnc23)CC1.Cl. The van der Waals surface area contributed by atoms with Gasteiger partial charge in [-0.05, 0) is 24.7 Å². The van der Waals surface area contributed by atoms with E-state index < -0.39 is 0 Å². The van der Waals surface area contributed by atoms with Crippen LogP contribution in [-0.4, -0.2) is 64.0 Å². The molecule has 5 rings (SSSR count). The van der Waals surface area contributed by atoms with Gasteiger partial charge in [0.2, 0.25) is 0 Å². The average molecular weight is 465 g/mol. The Kier molecular flexibility index (Phi) is 7.08. The molecule has 0 radical (unpaired) electrons. The number of fused-ring (bicyclic) bond motifs is 1. The molecule has 0 saturated carbocycles. The first kappa shape index (κ1) is 23.0. The monoisotopic (exact) mass is 464 g/mol. The summed E-state index contributed by atoms with van der Waals surface area (Å²) in [5.41, 5.74) is 9.82. The van der Waals surface area contributed by atoms with Crippen LogP contribution in [0.2, 0.25) is 0 Å². The Morgan fingerprint density at radius 3 is 2.55 bits per heavy atom. The third-order valence-electron chi connectivity index (χ3n) is 5.98. The van der Waals surface area contributed by atoms with Crippen LogP contribution in [0.25, 0.3) is 17.0 Å². The molecule has 8 nitrogen and oxygen atoms in total. The Morgan fingerprint density at radius 2 is 1.79 bits per heavy atom. The van der Waals surface area contributed by atoms with Crippen molar-refractivity contribution in [3.63, 3.8) is 0 Å². The molecule has 0 bridgehead atoms. The number of nitrogens with two attached hydrogens (primary N) is 1. The zero-order valence-corrected chi connectivity index (χ0v) is 19.4. The number of pyridine rings is 1. The normalized spacial score (nSPS) is 15.3. The number of nitrogens with zero attached hydrogens (tertiary/aromatic N) is 6. The maximum Gasteiger partial charge on any atom is 0.180 e. The molecule has 0 amide bonds. The van der Waals surface area contributed by atoms with Gasteiger partial charge in [0.25, 0.3) is 0 Å². The Balaban J connectivity index is 0.00000259. The average Bonchev–Trinajstić information content (AvgIpc) is 3.28. The van der Waals surface area contributed by atoms with Gasteiger partial charge in [0.15, 0.2) is 11.5 Å².